The van der Waals surface area contributed by atoms with Gasteiger partial charge in [-0.25, -0.2) is 0 Å². The molecule has 0 radical (unpaired) electrons. The van der Waals surface area contributed by atoms with Gasteiger partial charge in [-0.2, -0.15) is 0 Å². The molecule has 8 heteroatoms. The van der Waals surface area contributed by atoms with Crippen molar-refractivity contribution in [2.24, 2.45) is 0 Å². The molecule has 1 aliphatic carbocycles. The fourth-order valence-corrected chi connectivity index (χ4v) is 5.08. The first-order chi connectivity index (χ1) is 17.1. The van der Waals surface area contributed by atoms with E-state index in [0.29, 0.717) is 28.9 Å². The fourth-order valence-electron chi connectivity index (χ4n) is 5.08. The molecule has 0 heterocycles. The van der Waals surface area contributed by atoms with Gasteiger partial charge < -0.3 is 18.9 Å². The number of ketones is 1. The van der Waals surface area contributed by atoms with Crippen molar-refractivity contribution in [3.05, 3.63) is 47.0 Å². The van der Waals surface area contributed by atoms with Crippen LogP contribution in [0.4, 0.5) is 0 Å². The Hall–Kier alpha value is -3.94. The van der Waals surface area contributed by atoms with Crippen molar-refractivity contribution in [3.8, 4) is 11.5 Å². The van der Waals surface area contributed by atoms with Crippen LogP contribution in [0.1, 0.15) is 50.8 Å². The third-order valence-corrected chi connectivity index (χ3v) is 6.66. The largest absolute Gasteiger partial charge is 0.496 e. The Morgan fingerprint density at radius 3 is 2.25 bits per heavy atom. The lowest BCUT2D eigenvalue weighted by Gasteiger charge is -2.37. The highest BCUT2D eigenvalue weighted by molar-refractivity contribution is 6.06. The van der Waals surface area contributed by atoms with Crippen LogP contribution in [0, 0.1) is 0 Å². The van der Waals surface area contributed by atoms with Gasteiger partial charge in [0.25, 0.3) is 0 Å². The summed E-state index contributed by atoms with van der Waals surface area (Å²) in [7, 11) is 1.57. The molecular formula is C28H28O8. The van der Waals surface area contributed by atoms with Crippen LogP contribution in [0.25, 0.3) is 21.5 Å². The van der Waals surface area contributed by atoms with Crippen molar-refractivity contribution in [1.29, 1.82) is 0 Å². The molecule has 0 amide bonds. The van der Waals surface area contributed by atoms with Gasteiger partial charge in [-0.05, 0) is 54.3 Å². The summed E-state index contributed by atoms with van der Waals surface area (Å²) in [5.74, 6) is -0.891. The Kier molecular flexibility index (Phi) is 6.71. The molecule has 8 nitrogen and oxygen atoms in total. The molecule has 1 atom stereocenters. The van der Waals surface area contributed by atoms with Crippen molar-refractivity contribution >= 4 is 45.2 Å². The van der Waals surface area contributed by atoms with Gasteiger partial charge in [0.1, 0.15) is 18.1 Å². The molecule has 0 N–H and O–H groups in total. The van der Waals surface area contributed by atoms with Crippen LogP contribution in [-0.2, 0) is 48.1 Å². The van der Waals surface area contributed by atoms with Crippen molar-refractivity contribution in [2.75, 3.05) is 7.11 Å². The molecule has 0 saturated carbocycles. The van der Waals surface area contributed by atoms with E-state index in [9.17, 15) is 19.2 Å². The highest BCUT2D eigenvalue weighted by Crippen LogP contribution is 2.46. The molecule has 3 aromatic rings. The summed E-state index contributed by atoms with van der Waals surface area (Å²) in [5.41, 5.74) is 0.771. The molecule has 188 valence electrons. The van der Waals surface area contributed by atoms with E-state index in [4.69, 9.17) is 18.9 Å². The number of ether oxygens (including phenoxy) is 4. The zero-order valence-electron chi connectivity index (χ0n) is 21.0. The predicted molar refractivity (Wildman–Crippen MR) is 132 cm³/mol. The summed E-state index contributed by atoms with van der Waals surface area (Å²) < 4.78 is 22.3. The van der Waals surface area contributed by atoms with E-state index < -0.39 is 23.5 Å². The molecule has 4 rings (SSSR count). The number of rotatable bonds is 6. The molecule has 0 bridgehead atoms. The zero-order chi connectivity index (χ0) is 26.2. The molecule has 1 aliphatic rings. The molecule has 0 saturated heterocycles. The number of Topliss-reactive ketones (excluding diaryl/α,β-unsaturated/α-hetero) is 1. The number of hydrogen-bond donors (Lipinski definition) is 0. The second-order valence-corrected chi connectivity index (χ2v) is 9.04. The van der Waals surface area contributed by atoms with Gasteiger partial charge in [0.15, 0.2) is 11.4 Å². The van der Waals surface area contributed by atoms with E-state index in [-0.39, 0.29) is 25.2 Å². The van der Waals surface area contributed by atoms with Crippen molar-refractivity contribution in [2.45, 2.75) is 59.2 Å². The normalized spacial score (nSPS) is 16.8. The average molecular weight is 493 g/mol. The summed E-state index contributed by atoms with van der Waals surface area (Å²) in [6.45, 7) is 5.30. The lowest BCUT2D eigenvalue weighted by atomic mass is 9.74. The summed E-state index contributed by atoms with van der Waals surface area (Å²) in [6, 6.07) is 9.48. The van der Waals surface area contributed by atoms with Crippen molar-refractivity contribution in [3.63, 3.8) is 0 Å². The molecule has 3 aromatic carbocycles. The van der Waals surface area contributed by atoms with Gasteiger partial charge in [0.2, 0.25) is 0 Å². The lowest BCUT2D eigenvalue weighted by molar-refractivity contribution is -0.166. The quantitative estimate of drug-likeness (QED) is 0.284. The third-order valence-electron chi connectivity index (χ3n) is 6.66. The van der Waals surface area contributed by atoms with Crippen LogP contribution in [0.15, 0.2) is 30.3 Å². The van der Waals surface area contributed by atoms with Crippen molar-refractivity contribution in [1.82, 2.24) is 0 Å². The van der Waals surface area contributed by atoms with E-state index in [1.54, 1.807) is 7.11 Å². The standard InChI is InChI=1S/C28H28O8/c1-15(29)28(36-18(4)32)10-9-20-24(13-28)27(35-17(3)31)23-12-21-19(7-6-8-26(21)33-5)11-22(23)25(20)14-34-16(2)30/h6-8,11-12H,9-10,13-14H2,1-5H3. The van der Waals surface area contributed by atoms with Gasteiger partial charge >= 0.3 is 17.9 Å². The lowest BCUT2D eigenvalue weighted by Crippen LogP contribution is -2.46. The number of esters is 3. The summed E-state index contributed by atoms with van der Waals surface area (Å²) in [4.78, 5) is 48.7. The van der Waals surface area contributed by atoms with Crippen LogP contribution in [0.5, 0.6) is 11.5 Å². The first kappa shape index (κ1) is 25.2. The number of carbonyl (C=O) groups excluding carboxylic acids is 4. The Morgan fingerprint density at radius 1 is 0.889 bits per heavy atom. The Bertz CT molecular complexity index is 1420. The Labute approximate surface area is 208 Å². The number of fused-ring (bicyclic) bond motifs is 3. The maximum atomic E-state index is 12.8. The first-order valence-electron chi connectivity index (χ1n) is 11.7. The molecule has 0 spiro atoms. The van der Waals surface area contributed by atoms with Gasteiger partial charge in [-0.15, -0.1) is 0 Å². The van der Waals surface area contributed by atoms with Crippen molar-refractivity contribution < 1.29 is 38.1 Å². The first-order valence-corrected chi connectivity index (χ1v) is 11.7. The van der Waals surface area contributed by atoms with Gasteiger partial charge in [0, 0.05) is 49.1 Å². The van der Waals surface area contributed by atoms with Crippen LogP contribution in [-0.4, -0.2) is 36.4 Å². The van der Waals surface area contributed by atoms with E-state index in [1.807, 2.05) is 30.3 Å². The maximum Gasteiger partial charge on any atom is 0.308 e. The molecular weight excluding hydrogens is 464 g/mol. The fraction of sp³-hybridized carbons (Fsp3) is 0.357. The number of methoxy groups -OCH3 is 1. The second kappa shape index (κ2) is 9.60. The topological polar surface area (TPSA) is 105 Å². The minimum atomic E-state index is -1.38. The highest BCUT2D eigenvalue weighted by Gasteiger charge is 2.44. The molecule has 0 fully saturated rings. The van der Waals surface area contributed by atoms with Crippen LogP contribution >= 0.6 is 0 Å². The van der Waals surface area contributed by atoms with E-state index >= 15 is 0 Å². The molecule has 0 aliphatic heterocycles. The van der Waals surface area contributed by atoms with Gasteiger partial charge in [0.05, 0.1) is 7.11 Å². The average Bonchev–Trinajstić information content (AvgIpc) is 2.81. The van der Waals surface area contributed by atoms with E-state index in [1.165, 1.54) is 27.7 Å². The Balaban J connectivity index is 2.10. The summed E-state index contributed by atoms with van der Waals surface area (Å²) >= 11 is 0. The minimum absolute atomic E-state index is 0.00459. The summed E-state index contributed by atoms with van der Waals surface area (Å²) in [6.07, 6.45) is 0.653. The van der Waals surface area contributed by atoms with Gasteiger partial charge in [-0.1, -0.05) is 12.1 Å². The third kappa shape index (κ3) is 4.51. The minimum Gasteiger partial charge on any atom is -0.496 e. The molecule has 1 unspecified atom stereocenters. The van der Waals surface area contributed by atoms with Crippen LogP contribution in [0.2, 0.25) is 0 Å². The predicted octanol–water partition coefficient (Wildman–Crippen LogP) is 4.37. The highest BCUT2D eigenvalue weighted by atomic mass is 16.6. The monoisotopic (exact) mass is 492 g/mol. The Morgan fingerprint density at radius 2 is 1.64 bits per heavy atom. The SMILES string of the molecule is COc1cccc2cc3c(COC(C)=O)c4c(c(OC(C)=O)c3cc12)CC(OC(C)=O)(C(C)=O)CC4. The number of carbonyl (C=O) groups is 4. The van der Waals surface area contributed by atoms with Crippen LogP contribution in [0.3, 0.4) is 0 Å². The second-order valence-electron chi connectivity index (χ2n) is 9.04. The van der Waals surface area contributed by atoms with Gasteiger partial charge in [-0.3, -0.25) is 19.2 Å². The smallest absolute Gasteiger partial charge is 0.308 e. The van der Waals surface area contributed by atoms with E-state index in [2.05, 4.69) is 0 Å². The number of benzene rings is 3. The zero-order valence-corrected chi connectivity index (χ0v) is 21.0. The molecule has 36 heavy (non-hydrogen) atoms. The maximum absolute atomic E-state index is 12.8. The molecule has 0 aromatic heterocycles. The van der Waals surface area contributed by atoms with E-state index in [0.717, 1.165) is 27.3 Å². The summed E-state index contributed by atoms with van der Waals surface area (Å²) in [5, 5.41) is 3.06. The van der Waals surface area contributed by atoms with Crippen LogP contribution < -0.4 is 9.47 Å². The number of hydrogen-bond acceptors (Lipinski definition) is 8.